The largest absolute Gasteiger partial charge is 0.309 e. The summed E-state index contributed by atoms with van der Waals surface area (Å²) >= 11 is 0. The molecule has 2 aliphatic heterocycles. The second kappa shape index (κ2) is 12.6. The smallest absolute Gasteiger partial charge is 0.0755 e. The van der Waals surface area contributed by atoms with Crippen LogP contribution >= 0.6 is 7.92 Å². The van der Waals surface area contributed by atoms with Crippen molar-refractivity contribution >= 4 is 45.6 Å². The normalized spacial score (nSPS) is 16.3. The maximum Gasteiger partial charge on any atom is 0.0755 e. The molecule has 1 unspecified atom stereocenters. The Bertz CT molecular complexity index is 3130. The zero-order valence-electron chi connectivity index (χ0n) is 31.0. The van der Waals surface area contributed by atoms with E-state index in [1.807, 2.05) is 0 Å². The Kier molecular flexibility index (Phi) is 7.15. The first kappa shape index (κ1) is 32.4. The maximum atomic E-state index is 5.42. The first-order valence-corrected chi connectivity index (χ1v) is 21.0. The lowest BCUT2D eigenvalue weighted by Crippen LogP contribution is -2.47. The predicted molar refractivity (Wildman–Crippen MR) is 239 cm³/mol. The van der Waals surface area contributed by atoms with Crippen molar-refractivity contribution in [1.82, 2.24) is 9.55 Å². The molecule has 0 N–H and O–H groups in total. The van der Waals surface area contributed by atoms with Crippen molar-refractivity contribution < 1.29 is 0 Å². The summed E-state index contributed by atoms with van der Waals surface area (Å²) in [6.07, 6.45) is 0. The number of nitrogens with zero attached hydrogens (tertiary/aromatic N) is 2. The number of benzene rings is 8. The van der Waals surface area contributed by atoms with Crippen molar-refractivity contribution in [1.29, 1.82) is 0 Å². The molecule has 8 aromatic carbocycles. The Hall–Kier alpha value is -6.86. The van der Waals surface area contributed by atoms with Gasteiger partial charge in [-0.05, 0) is 87.5 Å². The molecular weight excluding hydrogens is 708 g/mol. The highest BCUT2D eigenvalue weighted by molar-refractivity contribution is 7.80. The van der Waals surface area contributed by atoms with Gasteiger partial charge in [-0.3, -0.25) is 0 Å². The van der Waals surface area contributed by atoms with Crippen LogP contribution in [0.2, 0.25) is 0 Å². The lowest BCUT2D eigenvalue weighted by atomic mass is 9.62. The summed E-state index contributed by atoms with van der Waals surface area (Å²) in [5.41, 5.74) is 15.1. The van der Waals surface area contributed by atoms with Gasteiger partial charge in [0.05, 0.1) is 33.5 Å². The molecule has 2 atom stereocenters. The molecular formula is C54H35N2P. The summed E-state index contributed by atoms with van der Waals surface area (Å²) in [6.45, 7) is 0. The number of fused-ring (bicyclic) bond motifs is 11. The zero-order chi connectivity index (χ0) is 37.5. The van der Waals surface area contributed by atoms with Gasteiger partial charge in [-0.25, -0.2) is 4.98 Å². The molecule has 0 amide bonds. The molecule has 0 radical (unpaired) electrons. The molecule has 0 bridgehead atoms. The fourth-order valence-electron chi connectivity index (χ4n) is 9.82. The fraction of sp³-hybridized carbons (Fsp3) is 0.0185. The topological polar surface area (TPSA) is 17.8 Å². The minimum absolute atomic E-state index is 0.549. The summed E-state index contributed by atoms with van der Waals surface area (Å²) in [4.78, 5) is 5.42. The minimum atomic E-state index is -0.929. The number of aromatic nitrogens is 2. The standard InChI is InChI=1S/C54H35N2P/c1-4-17-36(18-5-1)39-33-47(37-19-6-2-7-20-37)55-48(34-39)38-31-32-45-52(35-38)57(40-21-8-3-9-22-40)51-30-15-12-26-44(51)54(45)43-25-11-14-29-50(43)56-49-28-13-10-23-41(49)42-24-16-27-46(54)53(42)56/h1-35H/t54?,57-/m0/s1. The lowest BCUT2D eigenvalue weighted by molar-refractivity contribution is 0.734. The minimum Gasteiger partial charge on any atom is -0.309 e. The van der Waals surface area contributed by atoms with Crippen LogP contribution in [0.1, 0.15) is 22.3 Å². The fourth-order valence-corrected chi connectivity index (χ4v) is 12.6. The Balaban J connectivity index is 1.20. The molecule has 2 aliphatic rings. The van der Waals surface area contributed by atoms with Gasteiger partial charge >= 0.3 is 0 Å². The summed E-state index contributed by atoms with van der Waals surface area (Å²) < 4.78 is 2.52. The molecule has 0 saturated heterocycles. The molecule has 57 heavy (non-hydrogen) atoms. The average molecular weight is 743 g/mol. The Morgan fingerprint density at radius 1 is 0.386 bits per heavy atom. The van der Waals surface area contributed by atoms with Crippen LogP contribution in [0.3, 0.4) is 0 Å². The monoisotopic (exact) mass is 742 g/mol. The summed E-state index contributed by atoms with van der Waals surface area (Å²) in [6, 6.07) is 78.5. The van der Waals surface area contributed by atoms with Crippen molar-refractivity contribution in [2.75, 3.05) is 0 Å². The third kappa shape index (κ3) is 4.66. The SMILES string of the molecule is c1ccc(-c2cc(-c3ccccc3)nc(-c3ccc4c(c3)[P@@](c3ccccc3)c3ccccc3C43c4ccccc4-n4c5ccccc5c5cccc3c54)c2)cc1. The van der Waals surface area contributed by atoms with Gasteiger partial charge in [0.2, 0.25) is 0 Å². The maximum absolute atomic E-state index is 5.42. The average Bonchev–Trinajstić information content (AvgIpc) is 3.63. The van der Waals surface area contributed by atoms with E-state index < -0.39 is 13.3 Å². The number of pyridine rings is 1. The van der Waals surface area contributed by atoms with E-state index in [1.54, 1.807) is 0 Å². The van der Waals surface area contributed by atoms with E-state index in [4.69, 9.17) is 4.98 Å². The van der Waals surface area contributed by atoms with E-state index in [-0.39, 0.29) is 0 Å². The van der Waals surface area contributed by atoms with E-state index in [9.17, 15) is 0 Å². The van der Waals surface area contributed by atoms with E-state index in [1.165, 1.54) is 71.2 Å². The van der Waals surface area contributed by atoms with Crippen LogP contribution in [0, 0.1) is 0 Å². The van der Waals surface area contributed by atoms with Gasteiger partial charge in [-0.1, -0.05) is 182 Å². The molecule has 2 aromatic heterocycles. The number of hydrogen-bond acceptors (Lipinski definition) is 1. The first-order valence-electron chi connectivity index (χ1n) is 19.6. The third-order valence-corrected chi connectivity index (χ3v) is 14.7. The zero-order valence-corrected chi connectivity index (χ0v) is 31.9. The van der Waals surface area contributed by atoms with Crippen LogP contribution in [-0.4, -0.2) is 9.55 Å². The molecule has 12 rings (SSSR count). The molecule has 0 saturated carbocycles. The lowest BCUT2D eigenvalue weighted by Gasteiger charge is -2.47. The first-order chi connectivity index (χ1) is 28.3. The van der Waals surface area contributed by atoms with Crippen LogP contribution in [0.4, 0.5) is 0 Å². The van der Waals surface area contributed by atoms with E-state index in [2.05, 4.69) is 217 Å². The molecule has 1 spiro atoms. The summed E-state index contributed by atoms with van der Waals surface area (Å²) in [7, 11) is -0.929. The molecule has 4 heterocycles. The molecule has 2 nitrogen and oxygen atoms in total. The molecule has 0 aliphatic carbocycles. The van der Waals surface area contributed by atoms with Crippen molar-refractivity contribution in [3.63, 3.8) is 0 Å². The second-order valence-corrected chi connectivity index (χ2v) is 17.3. The summed E-state index contributed by atoms with van der Waals surface area (Å²) in [5, 5.41) is 6.69. The Morgan fingerprint density at radius 3 is 1.79 bits per heavy atom. The van der Waals surface area contributed by atoms with Gasteiger partial charge in [0.25, 0.3) is 0 Å². The Morgan fingerprint density at radius 2 is 0.982 bits per heavy atom. The molecule has 3 heteroatoms. The van der Waals surface area contributed by atoms with Crippen molar-refractivity contribution in [2.24, 2.45) is 0 Å². The van der Waals surface area contributed by atoms with E-state index in [0.29, 0.717) is 0 Å². The van der Waals surface area contributed by atoms with Gasteiger partial charge in [-0.15, -0.1) is 0 Å². The summed E-state index contributed by atoms with van der Waals surface area (Å²) in [5.74, 6) is 0. The van der Waals surface area contributed by atoms with E-state index >= 15 is 0 Å². The van der Waals surface area contributed by atoms with Crippen LogP contribution in [-0.2, 0) is 5.41 Å². The van der Waals surface area contributed by atoms with E-state index in [0.717, 1.165) is 28.1 Å². The van der Waals surface area contributed by atoms with Crippen LogP contribution < -0.4 is 15.9 Å². The van der Waals surface area contributed by atoms with Crippen LogP contribution in [0.25, 0.3) is 61.1 Å². The highest BCUT2D eigenvalue weighted by Gasteiger charge is 2.51. The number of para-hydroxylation sites is 3. The highest BCUT2D eigenvalue weighted by atomic mass is 31.1. The predicted octanol–water partition coefficient (Wildman–Crippen LogP) is 11.9. The van der Waals surface area contributed by atoms with Crippen LogP contribution in [0.5, 0.6) is 0 Å². The molecule has 10 aromatic rings. The van der Waals surface area contributed by atoms with Gasteiger partial charge in [0, 0.05) is 21.9 Å². The second-order valence-electron chi connectivity index (χ2n) is 15.1. The highest BCUT2D eigenvalue weighted by Crippen LogP contribution is 2.58. The van der Waals surface area contributed by atoms with Gasteiger partial charge < -0.3 is 4.57 Å². The van der Waals surface area contributed by atoms with Gasteiger partial charge in [-0.2, -0.15) is 0 Å². The number of hydrogen-bond donors (Lipinski definition) is 0. The van der Waals surface area contributed by atoms with Crippen molar-refractivity contribution in [3.05, 3.63) is 235 Å². The number of rotatable bonds is 4. The van der Waals surface area contributed by atoms with Crippen molar-refractivity contribution in [2.45, 2.75) is 5.41 Å². The van der Waals surface area contributed by atoms with Crippen molar-refractivity contribution in [3.8, 4) is 39.3 Å². The molecule has 0 fully saturated rings. The Labute approximate surface area is 333 Å². The van der Waals surface area contributed by atoms with Gasteiger partial charge in [0.1, 0.15) is 0 Å². The quantitative estimate of drug-likeness (QED) is 0.164. The van der Waals surface area contributed by atoms with Crippen LogP contribution in [0.15, 0.2) is 212 Å². The third-order valence-electron chi connectivity index (χ3n) is 12.2. The van der Waals surface area contributed by atoms with Gasteiger partial charge in [0.15, 0.2) is 0 Å². The molecule has 266 valence electrons.